The lowest BCUT2D eigenvalue weighted by molar-refractivity contribution is -0.519. The Labute approximate surface area is 96.1 Å². The Morgan fingerprint density at radius 2 is 1.81 bits per heavy atom. The zero-order chi connectivity index (χ0) is 12.8. The van der Waals surface area contributed by atoms with E-state index in [1.165, 1.54) is 0 Å². The summed E-state index contributed by atoms with van der Waals surface area (Å²) >= 11 is 0. The lowest BCUT2D eigenvalue weighted by atomic mass is 10.3. The van der Waals surface area contributed by atoms with Crippen molar-refractivity contribution >= 4 is 5.97 Å². The molecule has 0 aliphatic rings. The number of carbonyl (C=O) groups is 1. The molecular weight excluding hydrogens is 214 g/mol. The first-order valence-corrected chi connectivity index (χ1v) is 5.43. The molecular formula is C10H21NO5. The van der Waals surface area contributed by atoms with Gasteiger partial charge in [-0.1, -0.05) is 13.3 Å². The molecule has 16 heavy (non-hydrogen) atoms. The molecule has 0 aliphatic carbocycles. The van der Waals surface area contributed by atoms with E-state index in [9.17, 15) is 14.9 Å². The lowest BCUT2D eigenvalue weighted by Gasteiger charge is -1.97. The maximum Gasteiger partial charge on any atom is 0.346 e. The quantitative estimate of drug-likeness (QED) is 0.292. The SMILES string of the molecule is CCCCC(=O)OC[N+](=O)[O-].CCOCC. The first kappa shape index (κ1) is 17.2. The number of nitro groups is 1. The van der Waals surface area contributed by atoms with Gasteiger partial charge in [-0.05, 0) is 20.3 Å². The van der Waals surface area contributed by atoms with E-state index in [0.717, 1.165) is 26.1 Å². The number of rotatable bonds is 7. The van der Waals surface area contributed by atoms with Crippen LogP contribution in [-0.4, -0.2) is 30.8 Å². The molecule has 0 aromatic carbocycles. The van der Waals surface area contributed by atoms with Crippen LogP contribution >= 0.6 is 0 Å². The minimum absolute atomic E-state index is 0.268. The second-order valence-corrected chi connectivity index (χ2v) is 2.86. The first-order chi connectivity index (χ1) is 7.58. The number of carbonyl (C=O) groups excluding carboxylic acids is 1. The zero-order valence-corrected chi connectivity index (χ0v) is 10.2. The van der Waals surface area contributed by atoms with Crippen LogP contribution in [0, 0.1) is 10.1 Å². The van der Waals surface area contributed by atoms with Gasteiger partial charge in [-0.15, -0.1) is 0 Å². The minimum atomic E-state index is -0.720. The van der Waals surface area contributed by atoms with Gasteiger partial charge >= 0.3 is 12.7 Å². The van der Waals surface area contributed by atoms with Crippen molar-refractivity contribution < 1.29 is 19.2 Å². The highest BCUT2D eigenvalue weighted by Gasteiger charge is 2.04. The average molecular weight is 235 g/mol. The highest BCUT2D eigenvalue weighted by Crippen LogP contribution is 1.95. The fourth-order valence-electron chi connectivity index (χ4n) is 0.722. The van der Waals surface area contributed by atoms with Crippen LogP contribution in [0.1, 0.15) is 40.0 Å². The van der Waals surface area contributed by atoms with E-state index in [4.69, 9.17) is 4.74 Å². The second-order valence-electron chi connectivity index (χ2n) is 2.86. The molecule has 0 spiro atoms. The molecule has 0 radical (unpaired) electrons. The predicted octanol–water partition coefficient (Wildman–Crippen LogP) is 2.00. The molecule has 0 amide bonds. The average Bonchev–Trinajstić information content (AvgIpc) is 2.25. The van der Waals surface area contributed by atoms with Gasteiger partial charge in [-0.2, -0.15) is 0 Å². The normalized spacial score (nSPS) is 8.94. The summed E-state index contributed by atoms with van der Waals surface area (Å²) in [5.41, 5.74) is 0. The summed E-state index contributed by atoms with van der Waals surface area (Å²) in [6.07, 6.45) is 1.87. The summed E-state index contributed by atoms with van der Waals surface area (Å²) in [5.74, 6) is -0.497. The summed E-state index contributed by atoms with van der Waals surface area (Å²) in [4.78, 5) is 19.6. The highest BCUT2D eigenvalue weighted by molar-refractivity contribution is 5.69. The summed E-state index contributed by atoms with van der Waals surface area (Å²) in [6.45, 7) is 6.88. The van der Waals surface area contributed by atoms with E-state index in [-0.39, 0.29) is 6.42 Å². The molecule has 0 bridgehead atoms. The fourth-order valence-corrected chi connectivity index (χ4v) is 0.722. The van der Waals surface area contributed by atoms with Crippen LogP contribution in [0.2, 0.25) is 0 Å². The number of hydrogen-bond acceptors (Lipinski definition) is 5. The van der Waals surface area contributed by atoms with Crippen molar-refractivity contribution in [2.45, 2.75) is 40.0 Å². The second kappa shape index (κ2) is 13.8. The largest absolute Gasteiger partial charge is 0.400 e. The third-order valence-corrected chi connectivity index (χ3v) is 1.47. The smallest absolute Gasteiger partial charge is 0.346 e. The van der Waals surface area contributed by atoms with Gasteiger partial charge in [0, 0.05) is 19.6 Å². The van der Waals surface area contributed by atoms with E-state index in [0.29, 0.717) is 0 Å². The Morgan fingerprint density at radius 1 is 1.25 bits per heavy atom. The lowest BCUT2D eigenvalue weighted by Crippen LogP contribution is -2.11. The van der Waals surface area contributed by atoms with E-state index in [2.05, 4.69) is 4.74 Å². The highest BCUT2D eigenvalue weighted by atomic mass is 16.7. The summed E-state index contributed by atoms with van der Waals surface area (Å²) in [5, 5.41) is 9.71. The molecule has 0 rings (SSSR count). The number of ether oxygens (including phenoxy) is 2. The van der Waals surface area contributed by atoms with Crippen molar-refractivity contribution in [3.05, 3.63) is 10.1 Å². The number of esters is 1. The van der Waals surface area contributed by atoms with Gasteiger partial charge in [0.1, 0.15) is 0 Å². The fraction of sp³-hybridized carbons (Fsp3) is 0.900. The van der Waals surface area contributed by atoms with Gasteiger partial charge in [0.15, 0.2) is 0 Å². The van der Waals surface area contributed by atoms with E-state index >= 15 is 0 Å². The van der Waals surface area contributed by atoms with Crippen LogP contribution in [-0.2, 0) is 14.3 Å². The van der Waals surface area contributed by atoms with Gasteiger partial charge in [0.2, 0.25) is 0 Å². The summed E-state index contributed by atoms with van der Waals surface area (Å²) < 4.78 is 9.10. The van der Waals surface area contributed by atoms with Gasteiger partial charge in [0.25, 0.3) is 0 Å². The van der Waals surface area contributed by atoms with Gasteiger partial charge in [-0.25, -0.2) is 0 Å². The van der Waals surface area contributed by atoms with Crippen LogP contribution < -0.4 is 0 Å². The molecule has 0 aromatic heterocycles. The first-order valence-electron chi connectivity index (χ1n) is 5.43. The van der Waals surface area contributed by atoms with E-state index in [1.807, 2.05) is 20.8 Å². The summed E-state index contributed by atoms with van der Waals surface area (Å²) in [7, 11) is 0. The zero-order valence-electron chi connectivity index (χ0n) is 10.2. The molecule has 0 aliphatic heterocycles. The van der Waals surface area contributed by atoms with Gasteiger partial charge < -0.3 is 9.47 Å². The maximum atomic E-state index is 10.6. The Kier molecular flexibility index (Phi) is 14.9. The molecule has 96 valence electrons. The van der Waals surface area contributed by atoms with Crippen molar-refractivity contribution in [1.82, 2.24) is 0 Å². The van der Waals surface area contributed by atoms with E-state index < -0.39 is 17.6 Å². The molecule has 0 unspecified atom stereocenters. The topological polar surface area (TPSA) is 78.7 Å². The van der Waals surface area contributed by atoms with Crippen LogP contribution in [0.3, 0.4) is 0 Å². The van der Waals surface area contributed by atoms with Crippen LogP contribution in [0.4, 0.5) is 0 Å². The van der Waals surface area contributed by atoms with Crippen LogP contribution in [0.25, 0.3) is 0 Å². The van der Waals surface area contributed by atoms with Crippen molar-refractivity contribution in [1.29, 1.82) is 0 Å². The molecule has 0 atom stereocenters. The Balaban J connectivity index is 0. The molecule has 0 saturated heterocycles. The number of nitrogens with zero attached hydrogens (tertiary/aromatic N) is 1. The Morgan fingerprint density at radius 3 is 2.12 bits per heavy atom. The van der Waals surface area contributed by atoms with Gasteiger partial charge in [-0.3, -0.25) is 14.9 Å². The molecule has 6 heteroatoms. The Hall–Kier alpha value is -1.17. The predicted molar refractivity (Wildman–Crippen MR) is 59.6 cm³/mol. The van der Waals surface area contributed by atoms with Crippen molar-refractivity contribution in [3.63, 3.8) is 0 Å². The van der Waals surface area contributed by atoms with Gasteiger partial charge in [0.05, 0.1) is 4.92 Å². The van der Waals surface area contributed by atoms with Crippen molar-refractivity contribution in [3.8, 4) is 0 Å². The molecule has 0 N–H and O–H groups in total. The molecule has 0 heterocycles. The molecule has 0 saturated carbocycles. The molecule has 0 aromatic rings. The molecule has 0 fully saturated rings. The minimum Gasteiger partial charge on any atom is -0.400 e. The number of unbranched alkanes of at least 4 members (excludes halogenated alkanes) is 1. The van der Waals surface area contributed by atoms with Crippen molar-refractivity contribution in [2.24, 2.45) is 0 Å². The van der Waals surface area contributed by atoms with Crippen molar-refractivity contribution in [2.75, 3.05) is 19.9 Å². The third kappa shape index (κ3) is 18.6. The number of hydrogen-bond donors (Lipinski definition) is 0. The molecule has 6 nitrogen and oxygen atoms in total. The summed E-state index contributed by atoms with van der Waals surface area (Å²) in [6, 6.07) is 0. The van der Waals surface area contributed by atoms with Crippen LogP contribution in [0.5, 0.6) is 0 Å². The maximum absolute atomic E-state index is 10.6. The Bertz CT molecular complexity index is 182. The van der Waals surface area contributed by atoms with E-state index in [1.54, 1.807) is 0 Å². The monoisotopic (exact) mass is 235 g/mol. The third-order valence-electron chi connectivity index (χ3n) is 1.47. The van der Waals surface area contributed by atoms with Crippen LogP contribution in [0.15, 0.2) is 0 Å². The standard InChI is InChI=1S/C6H11NO4.C4H10O/c1-2-3-4-6(8)11-5-7(9)10;1-3-5-4-2/h2-5H2,1H3;3-4H2,1-2H3.